The standard InChI is InChI=1S/C15H22N2O/c1-15(8-4-10-17-15)11-18-14-7-2-6-13-12(14)5-3-9-16-13/h2,6-7,16-17H,3-5,8-11H2,1H3. The predicted octanol–water partition coefficient (Wildman–Crippen LogP) is 2.57. The molecule has 2 aliphatic rings. The second-order valence-corrected chi connectivity index (χ2v) is 5.69. The summed E-state index contributed by atoms with van der Waals surface area (Å²) in [4.78, 5) is 0. The van der Waals surface area contributed by atoms with Crippen LogP contribution < -0.4 is 15.4 Å². The SMILES string of the molecule is CC1(COc2cccc3c2CCCN3)CCCN1. The molecule has 2 aliphatic heterocycles. The zero-order chi connectivity index (χ0) is 12.4. The van der Waals surface area contributed by atoms with Gasteiger partial charge in [0.1, 0.15) is 12.4 Å². The molecule has 0 aromatic heterocycles. The molecule has 0 radical (unpaired) electrons. The third kappa shape index (κ3) is 2.32. The van der Waals surface area contributed by atoms with Crippen molar-refractivity contribution in [2.45, 2.75) is 38.1 Å². The molecule has 1 saturated heterocycles. The zero-order valence-corrected chi connectivity index (χ0v) is 11.1. The minimum atomic E-state index is 0.158. The van der Waals surface area contributed by atoms with E-state index in [1.807, 2.05) is 0 Å². The molecule has 0 aliphatic carbocycles. The van der Waals surface area contributed by atoms with Crippen LogP contribution >= 0.6 is 0 Å². The summed E-state index contributed by atoms with van der Waals surface area (Å²) in [5.41, 5.74) is 2.76. The highest BCUT2D eigenvalue weighted by Gasteiger charge is 2.29. The lowest BCUT2D eigenvalue weighted by Gasteiger charge is -2.27. The monoisotopic (exact) mass is 246 g/mol. The molecule has 1 fully saturated rings. The van der Waals surface area contributed by atoms with Crippen molar-refractivity contribution in [2.24, 2.45) is 0 Å². The lowest BCUT2D eigenvalue weighted by Crippen LogP contribution is -2.42. The summed E-state index contributed by atoms with van der Waals surface area (Å²) in [5.74, 6) is 1.06. The number of rotatable bonds is 3. The molecule has 0 spiro atoms. The number of anilines is 1. The fourth-order valence-electron chi connectivity index (χ4n) is 2.93. The minimum absolute atomic E-state index is 0.158. The lowest BCUT2D eigenvalue weighted by molar-refractivity contribution is 0.211. The van der Waals surface area contributed by atoms with E-state index >= 15 is 0 Å². The largest absolute Gasteiger partial charge is 0.491 e. The van der Waals surface area contributed by atoms with Gasteiger partial charge in [0.25, 0.3) is 0 Å². The van der Waals surface area contributed by atoms with E-state index in [4.69, 9.17) is 4.74 Å². The van der Waals surface area contributed by atoms with Gasteiger partial charge in [-0.3, -0.25) is 0 Å². The summed E-state index contributed by atoms with van der Waals surface area (Å²) in [6.07, 6.45) is 4.79. The van der Waals surface area contributed by atoms with Gasteiger partial charge in [-0.05, 0) is 51.3 Å². The van der Waals surface area contributed by atoms with Gasteiger partial charge < -0.3 is 15.4 Å². The first-order valence-corrected chi connectivity index (χ1v) is 7.00. The summed E-state index contributed by atoms with van der Waals surface area (Å²) in [5, 5.41) is 6.99. The van der Waals surface area contributed by atoms with Crippen molar-refractivity contribution in [1.82, 2.24) is 5.32 Å². The lowest BCUT2D eigenvalue weighted by atomic mass is 10.0. The molecular weight excluding hydrogens is 224 g/mol. The van der Waals surface area contributed by atoms with E-state index in [9.17, 15) is 0 Å². The molecule has 3 heteroatoms. The van der Waals surface area contributed by atoms with Crippen LogP contribution in [-0.2, 0) is 6.42 Å². The summed E-state index contributed by atoms with van der Waals surface area (Å²) >= 11 is 0. The van der Waals surface area contributed by atoms with Crippen LogP contribution in [0, 0.1) is 0 Å². The second-order valence-electron chi connectivity index (χ2n) is 5.69. The Morgan fingerprint density at radius 3 is 3.06 bits per heavy atom. The summed E-state index contributed by atoms with van der Waals surface area (Å²) in [7, 11) is 0. The molecule has 2 heterocycles. The Bertz CT molecular complexity index is 425. The van der Waals surface area contributed by atoms with Crippen molar-refractivity contribution in [2.75, 3.05) is 25.0 Å². The van der Waals surface area contributed by atoms with Crippen LogP contribution in [0.2, 0.25) is 0 Å². The van der Waals surface area contributed by atoms with Gasteiger partial charge in [-0.25, -0.2) is 0 Å². The summed E-state index contributed by atoms with van der Waals surface area (Å²) < 4.78 is 6.09. The van der Waals surface area contributed by atoms with Gasteiger partial charge in [0.15, 0.2) is 0 Å². The number of ether oxygens (including phenoxy) is 1. The van der Waals surface area contributed by atoms with Crippen LogP contribution in [0.3, 0.4) is 0 Å². The highest BCUT2D eigenvalue weighted by molar-refractivity contribution is 5.59. The van der Waals surface area contributed by atoms with Crippen LogP contribution in [-0.4, -0.2) is 25.2 Å². The van der Waals surface area contributed by atoms with Gasteiger partial charge in [-0.1, -0.05) is 6.07 Å². The van der Waals surface area contributed by atoms with Crippen LogP contribution in [0.25, 0.3) is 0 Å². The van der Waals surface area contributed by atoms with Gasteiger partial charge in [0.2, 0.25) is 0 Å². The van der Waals surface area contributed by atoms with E-state index in [1.54, 1.807) is 0 Å². The Hall–Kier alpha value is -1.22. The fraction of sp³-hybridized carbons (Fsp3) is 0.600. The first-order valence-electron chi connectivity index (χ1n) is 7.00. The molecule has 1 aromatic carbocycles. The van der Waals surface area contributed by atoms with Crippen molar-refractivity contribution in [3.05, 3.63) is 23.8 Å². The Balaban J connectivity index is 1.72. The summed E-state index contributed by atoms with van der Waals surface area (Å²) in [6.45, 7) is 5.22. The predicted molar refractivity (Wildman–Crippen MR) is 74.4 cm³/mol. The van der Waals surface area contributed by atoms with Crippen LogP contribution in [0.5, 0.6) is 5.75 Å². The number of fused-ring (bicyclic) bond motifs is 1. The molecule has 1 unspecified atom stereocenters. The normalized spacial score (nSPS) is 26.5. The number of benzene rings is 1. The topological polar surface area (TPSA) is 33.3 Å². The Morgan fingerprint density at radius 1 is 1.28 bits per heavy atom. The van der Waals surface area contributed by atoms with E-state index in [1.165, 1.54) is 30.5 Å². The maximum Gasteiger partial charge on any atom is 0.124 e. The molecular formula is C15H22N2O. The van der Waals surface area contributed by atoms with Gasteiger partial charge in [-0.2, -0.15) is 0 Å². The molecule has 98 valence electrons. The smallest absolute Gasteiger partial charge is 0.124 e. The van der Waals surface area contributed by atoms with Crippen molar-refractivity contribution in [3.63, 3.8) is 0 Å². The maximum atomic E-state index is 6.09. The quantitative estimate of drug-likeness (QED) is 0.860. The molecule has 1 aromatic rings. The average Bonchev–Trinajstić information content (AvgIpc) is 2.84. The Kier molecular flexibility index (Phi) is 3.16. The number of hydrogen-bond donors (Lipinski definition) is 2. The van der Waals surface area contributed by atoms with E-state index in [2.05, 4.69) is 35.8 Å². The maximum absolute atomic E-state index is 6.09. The molecule has 3 rings (SSSR count). The molecule has 1 atom stereocenters. The van der Waals surface area contributed by atoms with Gasteiger partial charge in [-0.15, -0.1) is 0 Å². The van der Waals surface area contributed by atoms with E-state index in [0.29, 0.717) is 0 Å². The van der Waals surface area contributed by atoms with Crippen molar-refractivity contribution < 1.29 is 4.74 Å². The van der Waals surface area contributed by atoms with E-state index < -0.39 is 0 Å². The van der Waals surface area contributed by atoms with E-state index in [0.717, 1.165) is 31.9 Å². The first-order chi connectivity index (χ1) is 8.77. The van der Waals surface area contributed by atoms with Crippen molar-refractivity contribution >= 4 is 5.69 Å². The second kappa shape index (κ2) is 4.81. The molecule has 18 heavy (non-hydrogen) atoms. The third-order valence-corrected chi connectivity index (χ3v) is 4.06. The fourth-order valence-corrected chi connectivity index (χ4v) is 2.93. The molecule has 0 saturated carbocycles. The average molecular weight is 246 g/mol. The van der Waals surface area contributed by atoms with Crippen molar-refractivity contribution in [3.8, 4) is 5.75 Å². The molecule has 0 bridgehead atoms. The Labute approximate surface area is 109 Å². The van der Waals surface area contributed by atoms with Crippen molar-refractivity contribution in [1.29, 1.82) is 0 Å². The van der Waals surface area contributed by atoms with Gasteiger partial charge in [0.05, 0.1) is 0 Å². The van der Waals surface area contributed by atoms with Gasteiger partial charge in [0, 0.05) is 23.3 Å². The molecule has 0 amide bonds. The highest BCUT2D eigenvalue weighted by atomic mass is 16.5. The highest BCUT2D eigenvalue weighted by Crippen LogP contribution is 2.31. The van der Waals surface area contributed by atoms with Crippen LogP contribution in [0.15, 0.2) is 18.2 Å². The minimum Gasteiger partial charge on any atom is -0.491 e. The number of nitrogens with one attached hydrogen (secondary N) is 2. The number of hydrogen-bond acceptors (Lipinski definition) is 3. The zero-order valence-electron chi connectivity index (χ0n) is 11.1. The molecule has 2 N–H and O–H groups in total. The molecule has 3 nitrogen and oxygen atoms in total. The van der Waals surface area contributed by atoms with E-state index in [-0.39, 0.29) is 5.54 Å². The Morgan fingerprint density at radius 2 is 2.22 bits per heavy atom. The van der Waals surface area contributed by atoms with Crippen LogP contribution in [0.4, 0.5) is 5.69 Å². The third-order valence-electron chi connectivity index (χ3n) is 4.06. The van der Waals surface area contributed by atoms with Crippen LogP contribution in [0.1, 0.15) is 31.7 Å². The van der Waals surface area contributed by atoms with Gasteiger partial charge >= 0.3 is 0 Å². The first kappa shape index (κ1) is 11.8. The summed E-state index contributed by atoms with van der Waals surface area (Å²) in [6, 6.07) is 6.33.